The summed E-state index contributed by atoms with van der Waals surface area (Å²) in [4.78, 5) is 16.4. The Morgan fingerprint density at radius 2 is 2.04 bits per heavy atom. The van der Waals surface area contributed by atoms with Gasteiger partial charge in [-0.2, -0.15) is 0 Å². The van der Waals surface area contributed by atoms with Gasteiger partial charge in [-0.25, -0.2) is 14.2 Å². The second-order valence-corrected chi connectivity index (χ2v) is 5.47. The van der Waals surface area contributed by atoms with Gasteiger partial charge in [0, 0.05) is 29.5 Å². The average molecular weight is 309 g/mol. The first kappa shape index (κ1) is 13.5. The highest BCUT2D eigenvalue weighted by atomic mass is 19.1. The molecule has 0 spiro atoms. The van der Waals surface area contributed by atoms with Gasteiger partial charge in [-0.3, -0.25) is 0 Å². The molecule has 114 valence electrons. The molecule has 1 aromatic carbocycles. The smallest absolute Gasteiger partial charge is 0.345 e. The van der Waals surface area contributed by atoms with Crippen molar-refractivity contribution in [3.8, 4) is 11.3 Å². The van der Waals surface area contributed by atoms with Crippen molar-refractivity contribution in [1.29, 1.82) is 0 Å². The monoisotopic (exact) mass is 309 g/mol. The highest BCUT2D eigenvalue weighted by Crippen LogP contribution is 2.23. The predicted octanol–water partition coefficient (Wildman–Crippen LogP) is 3.14. The van der Waals surface area contributed by atoms with E-state index in [9.17, 15) is 9.18 Å². The van der Waals surface area contributed by atoms with Crippen LogP contribution in [-0.2, 0) is 0 Å². The molecule has 0 fully saturated rings. The molecule has 0 radical (unpaired) electrons. The molecule has 0 amide bonds. The molecule has 0 aliphatic carbocycles. The van der Waals surface area contributed by atoms with Crippen molar-refractivity contribution >= 4 is 22.3 Å². The molecule has 0 saturated heterocycles. The van der Waals surface area contributed by atoms with E-state index in [4.69, 9.17) is 10.2 Å². The van der Waals surface area contributed by atoms with E-state index in [-0.39, 0.29) is 11.2 Å². The topological polar surface area (TPSA) is 73.5 Å². The van der Waals surface area contributed by atoms with Crippen molar-refractivity contribution in [2.75, 3.05) is 5.73 Å². The number of pyridine rings is 1. The van der Waals surface area contributed by atoms with Crippen LogP contribution in [0.25, 0.3) is 27.9 Å². The minimum Gasteiger partial charge on any atom is -0.422 e. The van der Waals surface area contributed by atoms with Crippen LogP contribution in [0.3, 0.4) is 0 Å². The van der Waals surface area contributed by atoms with Gasteiger partial charge in [-0.15, -0.1) is 0 Å². The Hall–Kier alpha value is -3.15. The Balaban J connectivity index is 1.98. The van der Waals surface area contributed by atoms with Gasteiger partial charge < -0.3 is 14.6 Å². The van der Waals surface area contributed by atoms with Gasteiger partial charge in [-0.1, -0.05) is 0 Å². The summed E-state index contributed by atoms with van der Waals surface area (Å²) in [5.74, 6) is -0.436. The number of aromatic nitrogens is 2. The molecule has 3 aromatic heterocycles. The Bertz CT molecular complexity index is 1130. The zero-order valence-corrected chi connectivity index (χ0v) is 12.2. The summed E-state index contributed by atoms with van der Waals surface area (Å²) in [6.45, 7) is 1.79. The first-order valence-corrected chi connectivity index (χ1v) is 7.00. The number of anilines is 1. The first-order chi connectivity index (χ1) is 11.0. The minimum atomic E-state index is -0.538. The summed E-state index contributed by atoms with van der Waals surface area (Å²) in [6.07, 6.45) is 3.36. The van der Waals surface area contributed by atoms with Crippen molar-refractivity contribution in [3.05, 3.63) is 64.5 Å². The molecule has 0 atom stereocenters. The Morgan fingerprint density at radius 1 is 1.22 bits per heavy atom. The first-order valence-electron chi connectivity index (χ1n) is 7.00. The summed E-state index contributed by atoms with van der Waals surface area (Å²) < 4.78 is 20.8. The quantitative estimate of drug-likeness (QED) is 0.433. The standard InChI is InChI=1S/C17H12FN3O2/c1-9-4-13(18)16-20-14(8-21(16)7-9)12-5-10-2-3-11(19)6-15(10)23-17(12)22/h2-8H,19H2,1H3. The molecule has 6 heteroatoms. The van der Waals surface area contributed by atoms with Crippen LogP contribution in [0, 0.1) is 12.7 Å². The van der Waals surface area contributed by atoms with Gasteiger partial charge in [0.05, 0.1) is 11.3 Å². The fourth-order valence-electron chi connectivity index (χ4n) is 2.63. The highest BCUT2D eigenvalue weighted by Gasteiger charge is 2.14. The molecule has 0 bridgehead atoms. The average Bonchev–Trinajstić information content (AvgIpc) is 2.90. The molecule has 0 saturated carbocycles. The minimum absolute atomic E-state index is 0.169. The van der Waals surface area contributed by atoms with Crippen LogP contribution in [0.1, 0.15) is 5.56 Å². The zero-order valence-electron chi connectivity index (χ0n) is 12.2. The fourth-order valence-corrected chi connectivity index (χ4v) is 2.63. The Labute approximate surface area is 129 Å². The SMILES string of the molecule is Cc1cc(F)c2nc(-c3cc4ccc(N)cc4oc3=O)cn2c1. The number of hydrogen-bond acceptors (Lipinski definition) is 4. The number of aryl methyl sites for hydroxylation is 1. The molecule has 3 heterocycles. The second kappa shape index (κ2) is 4.67. The highest BCUT2D eigenvalue weighted by molar-refractivity contribution is 5.83. The van der Waals surface area contributed by atoms with Crippen molar-refractivity contribution in [2.45, 2.75) is 6.92 Å². The number of hydrogen-bond donors (Lipinski definition) is 1. The van der Waals surface area contributed by atoms with Gasteiger partial charge in [-0.05, 0) is 36.8 Å². The maximum atomic E-state index is 14.0. The van der Waals surface area contributed by atoms with Crippen LogP contribution >= 0.6 is 0 Å². The molecule has 23 heavy (non-hydrogen) atoms. The van der Waals surface area contributed by atoms with Crippen molar-refractivity contribution in [1.82, 2.24) is 9.38 Å². The van der Waals surface area contributed by atoms with E-state index in [1.54, 1.807) is 48.0 Å². The van der Waals surface area contributed by atoms with E-state index in [0.29, 0.717) is 17.0 Å². The third-order valence-corrected chi connectivity index (χ3v) is 3.68. The van der Waals surface area contributed by atoms with E-state index < -0.39 is 11.4 Å². The van der Waals surface area contributed by atoms with Crippen LogP contribution in [-0.4, -0.2) is 9.38 Å². The lowest BCUT2D eigenvalue weighted by Crippen LogP contribution is -2.03. The van der Waals surface area contributed by atoms with E-state index in [0.717, 1.165) is 10.9 Å². The molecular formula is C17H12FN3O2. The van der Waals surface area contributed by atoms with E-state index in [1.165, 1.54) is 6.07 Å². The number of benzene rings is 1. The molecular weight excluding hydrogens is 297 g/mol. The van der Waals surface area contributed by atoms with E-state index in [2.05, 4.69) is 4.98 Å². The number of nitrogens with zero attached hydrogens (tertiary/aromatic N) is 2. The lowest BCUT2D eigenvalue weighted by Gasteiger charge is -2.00. The third-order valence-electron chi connectivity index (χ3n) is 3.68. The lowest BCUT2D eigenvalue weighted by molar-refractivity contribution is 0.563. The largest absolute Gasteiger partial charge is 0.422 e. The summed E-state index contributed by atoms with van der Waals surface area (Å²) in [5.41, 5.74) is 7.64. The molecule has 4 aromatic rings. The number of halogens is 1. The molecule has 0 aliphatic rings. The van der Waals surface area contributed by atoms with E-state index >= 15 is 0 Å². The van der Waals surface area contributed by atoms with Crippen LogP contribution in [0.5, 0.6) is 0 Å². The lowest BCUT2D eigenvalue weighted by atomic mass is 10.1. The number of rotatable bonds is 1. The van der Waals surface area contributed by atoms with Gasteiger partial charge in [0.1, 0.15) is 5.58 Å². The van der Waals surface area contributed by atoms with Gasteiger partial charge in [0.2, 0.25) is 0 Å². The van der Waals surface area contributed by atoms with Gasteiger partial charge in [0.15, 0.2) is 11.5 Å². The maximum absolute atomic E-state index is 14.0. The molecule has 4 rings (SSSR count). The maximum Gasteiger partial charge on any atom is 0.345 e. The second-order valence-electron chi connectivity index (χ2n) is 5.47. The molecule has 5 nitrogen and oxygen atoms in total. The number of imidazole rings is 1. The Morgan fingerprint density at radius 3 is 2.87 bits per heavy atom. The van der Waals surface area contributed by atoms with Crippen molar-refractivity contribution in [2.24, 2.45) is 0 Å². The van der Waals surface area contributed by atoms with Crippen LogP contribution in [0.2, 0.25) is 0 Å². The van der Waals surface area contributed by atoms with Gasteiger partial charge in [0.25, 0.3) is 0 Å². The fraction of sp³-hybridized carbons (Fsp3) is 0.0588. The van der Waals surface area contributed by atoms with Crippen molar-refractivity contribution < 1.29 is 8.81 Å². The van der Waals surface area contributed by atoms with Gasteiger partial charge >= 0.3 is 5.63 Å². The summed E-state index contributed by atoms with van der Waals surface area (Å²) in [5, 5.41) is 0.725. The summed E-state index contributed by atoms with van der Waals surface area (Å²) in [6, 6.07) is 8.15. The predicted molar refractivity (Wildman–Crippen MR) is 85.8 cm³/mol. The van der Waals surface area contributed by atoms with Crippen LogP contribution < -0.4 is 11.4 Å². The number of nitrogens with two attached hydrogens (primary N) is 1. The summed E-state index contributed by atoms with van der Waals surface area (Å²) >= 11 is 0. The third kappa shape index (κ3) is 2.15. The normalized spacial score (nSPS) is 11.4. The summed E-state index contributed by atoms with van der Waals surface area (Å²) in [7, 11) is 0. The Kier molecular flexibility index (Phi) is 2.74. The number of nitrogen functional groups attached to an aromatic ring is 1. The van der Waals surface area contributed by atoms with Crippen LogP contribution in [0.4, 0.5) is 10.1 Å². The molecule has 0 unspecified atom stereocenters. The van der Waals surface area contributed by atoms with Crippen molar-refractivity contribution in [3.63, 3.8) is 0 Å². The number of fused-ring (bicyclic) bond motifs is 2. The zero-order chi connectivity index (χ0) is 16.1. The molecule has 2 N–H and O–H groups in total. The molecule has 0 aliphatic heterocycles. The van der Waals surface area contributed by atoms with Crippen LogP contribution in [0.15, 0.2) is 51.9 Å². The van der Waals surface area contributed by atoms with E-state index in [1.807, 2.05) is 0 Å².